The van der Waals surface area contributed by atoms with E-state index in [2.05, 4.69) is 6.92 Å². The van der Waals surface area contributed by atoms with Gasteiger partial charge in [-0.1, -0.05) is 37.3 Å². The fraction of sp³-hybridized carbons (Fsp3) is 0.682. The molecule has 1 amide bonds. The number of halogens is 2. The lowest BCUT2D eigenvalue weighted by Crippen LogP contribution is -2.53. The second kappa shape index (κ2) is 8.46. The Morgan fingerprint density at radius 1 is 1.29 bits per heavy atom. The summed E-state index contributed by atoms with van der Waals surface area (Å²) in [7, 11) is 0. The molecule has 0 spiro atoms. The lowest BCUT2D eigenvalue weighted by atomic mass is 9.78. The summed E-state index contributed by atoms with van der Waals surface area (Å²) in [4.78, 5) is 15.1. The molecular formula is C22H32F2N2O2. The van der Waals surface area contributed by atoms with Crippen LogP contribution in [-0.4, -0.2) is 41.0 Å². The maximum absolute atomic E-state index is 13.9. The molecule has 3 unspecified atom stereocenters. The van der Waals surface area contributed by atoms with Crippen LogP contribution in [0.5, 0.6) is 0 Å². The molecule has 3 N–H and O–H groups in total. The topological polar surface area (TPSA) is 66.6 Å². The zero-order valence-corrected chi connectivity index (χ0v) is 16.6. The van der Waals surface area contributed by atoms with Gasteiger partial charge in [0.1, 0.15) is 0 Å². The third-order valence-electron chi connectivity index (χ3n) is 6.60. The largest absolute Gasteiger partial charge is 0.375 e. The lowest BCUT2D eigenvalue weighted by molar-refractivity contribution is -0.162. The molecule has 1 aromatic carbocycles. The molecule has 4 nitrogen and oxygen atoms in total. The number of alkyl halides is 2. The van der Waals surface area contributed by atoms with E-state index in [0.29, 0.717) is 24.6 Å². The van der Waals surface area contributed by atoms with Gasteiger partial charge in [0, 0.05) is 37.9 Å². The van der Waals surface area contributed by atoms with Crippen molar-refractivity contribution in [3.05, 3.63) is 35.9 Å². The van der Waals surface area contributed by atoms with Crippen molar-refractivity contribution in [2.45, 2.75) is 69.4 Å². The number of nitrogens with two attached hydrogens (primary N) is 1. The van der Waals surface area contributed by atoms with Crippen molar-refractivity contribution in [1.29, 1.82) is 0 Å². The fourth-order valence-corrected chi connectivity index (χ4v) is 4.74. The van der Waals surface area contributed by atoms with Gasteiger partial charge in [-0.3, -0.25) is 4.79 Å². The van der Waals surface area contributed by atoms with Crippen molar-refractivity contribution < 1.29 is 18.7 Å². The number of nitrogens with zero attached hydrogens (tertiary/aromatic N) is 1. The van der Waals surface area contributed by atoms with E-state index < -0.39 is 29.8 Å². The zero-order chi connectivity index (χ0) is 20.4. The fourth-order valence-electron chi connectivity index (χ4n) is 4.74. The van der Waals surface area contributed by atoms with Crippen molar-refractivity contribution in [3.8, 4) is 0 Å². The summed E-state index contributed by atoms with van der Waals surface area (Å²) in [6, 6.07) is 8.77. The molecule has 28 heavy (non-hydrogen) atoms. The van der Waals surface area contributed by atoms with Crippen molar-refractivity contribution in [2.75, 3.05) is 13.1 Å². The van der Waals surface area contributed by atoms with E-state index in [1.165, 1.54) is 0 Å². The maximum atomic E-state index is 13.9. The van der Waals surface area contributed by atoms with E-state index >= 15 is 0 Å². The number of aliphatic hydroxyl groups is 1. The van der Waals surface area contributed by atoms with E-state index in [-0.39, 0.29) is 18.9 Å². The first kappa shape index (κ1) is 21.2. The Morgan fingerprint density at radius 2 is 1.93 bits per heavy atom. The van der Waals surface area contributed by atoms with Crippen LogP contribution in [0.2, 0.25) is 0 Å². The number of piperidine rings is 1. The summed E-state index contributed by atoms with van der Waals surface area (Å²) < 4.78 is 27.8. The van der Waals surface area contributed by atoms with E-state index in [4.69, 9.17) is 5.73 Å². The van der Waals surface area contributed by atoms with Crippen molar-refractivity contribution in [1.82, 2.24) is 4.90 Å². The van der Waals surface area contributed by atoms with Crippen molar-refractivity contribution in [2.24, 2.45) is 17.6 Å². The molecule has 3 atom stereocenters. The summed E-state index contributed by atoms with van der Waals surface area (Å²) in [5.74, 6) is -3.56. The highest BCUT2D eigenvalue weighted by Gasteiger charge is 2.54. The molecule has 156 valence electrons. The summed E-state index contributed by atoms with van der Waals surface area (Å²) in [5, 5.41) is 11.5. The number of hydrogen-bond donors (Lipinski definition) is 2. The molecule has 0 radical (unpaired) electrons. The van der Waals surface area contributed by atoms with Crippen LogP contribution in [0.25, 0.3) is 0 Å². The minimum absolute atomic E-state index is 0.145. The Morgan fingerprint density at radius 3 is 2.46 bits per heavy atom. The molecule has 1 aliphatic carbocycles. The van der Waals surface area contributed by atoms with Crippen LogP contribution < -0.4 is 5.73 Å². The minimum Gasteiger partial charge on any atom is -0.375 e. The van der Waals surface area contributed by atoms with Crippen LogP contribution in [0.4, 0.5) is 8.78 Å². The smallest absolute Gasteiger partial charge is 0.259 e. The number of amides is 1. The van der Waals surface area contributed by atoms with Crippen LogP contribution in [0.15, 0.2) is 30.3 Å². The third-order valence-corrected chi connectivity index (χ3v) is 6.60. The van der Waals surface area contributed by atoms with Gasteiger partial charge in [0.2, 0.25) is 5.92 Å². The molecule has 1 aliphatic heterocycles. The molecule has 3 rings (SSSR count). The number of likely N-dealkylation sites (tertiary alicyclic amines) is 1. The Hall–Kier alpha value is -1.53. The molecule has 1 aromatic rings. The number of carbonyl (C=O) groups excluding carboxylic acids is 1. The predicted octanol–water partition coefficient (Wildman–Crippen LogP) is 3.68. The number of carbonyl (C=O) groups is 1. The van der Waals surface area contributed by atoms with Crippen LogP contribution >= 0.6 is 0 Å². The normalized spacial score (nSPS) is 26.0. The molecule has 1 saturated carbocycles. The zero-order valence-electron chi connectivity index (χ0n) is 16.6. The summed E-state index contributed by atoms with van der Waals surface area (Å²) >= 11 is 0. The molecule has 2 fully saturated rings. The summed E-state index contributed by atoms with van der Waals surface area (Å²) in [6.45, 7) is 3.15. The molecule has 2 aliphatic rings. The standard InChI is InChI=1S/C22H32F2N2O2/c1-2-19(25)14-16-9-12-26(13-10-16)20(27)22(28,17-6-4-3-5-7-17)18-8-11-21(23,24)15-18/h3-7,16,18-19,28H,2,8-15,25H2,1H3. The SMILES string of the molecule is CCC(N)CC1CCN(C(=O)C(O)(c2ccccc2)C2CCC(F)(F)C2)CC1. The van der Waals surface area contributed by atoms with Gasteiger partial charge in [-0.2, -0.15) is 0 Å². The Labute approximate surface area is 166 Å². The van der Waals surface area contributed by atoms with Crippen molar-refractivity contribution >= 4 is 5.91 Å². The summed E-state index contributed by atoms with van der Waals surface area (Å²) in [5.41, 5.74) is 4.58. The first-order valence-corrected chi connectivity index (χ1v) is 10.5. The first-order chi connectivity index (χ1) is 13.3. The van der Waals surface area contributed by atoms with Crippen LogP contribution in [0.1, 0.15) is 57.4 Å². The summed E-state index contributed by atoms with van der Waals surface area (Å²) in [6.07, 6.45) is 2.96. The van der Waals surface area contributed by atoms with Gasteiger partial charge in [0.05, 0.1) is 0 Å². The average Bonchev–Trinajstić information content (AvgIpc) is 3.08. The maximum Gasteiger partial charge on any atom is 0.259 e. The Bertz CT molecular complexity index is 662. The van der Waals surface area contributed by atoms with E-state index in [1.54, 1.807) is 35.2 Å². The van der Waals surface area contributed by atoms with Crippen LogP contribution in [0.3, 0.4) is 0 Å². The predicted molar refractivity (Wildman–Crippen MR) is 105 cm³/mol. The lowest BCUT2D eigenvalue weighted by Gasteiger charge is -2.41. The molecular weight excluding hydrogens is 362 g/mol. The third kappa shape index (κ3) is 4.38. The number of benzene rings is 1. The Kier molecular flexibility index (Phi) is 6.40. The van der Waals surface area contributed by atoms with Gasteiger partial charge in [-0.05, 0) is 43.6 Å². The van der Waals surface area contributed by atoms with Gasteiger partial charge in [0.25, 0.3) is 5.91 Å². The van der Waals surface area contributed by atoms with E-state index in [9.17, 15) is 18.7 Å². The molecule has 0 aromatic heterocycles. The van der Waals surface area contributed by atoms with Crippen molar-refractivity contribution in [3.63, 3.8) is 0 Å². The van der Waals surface area contributed by atoms with Gasteiger partial charge in [0.15, 0.2) is 5.60 Å². The Balaban J connectivity index is 1.77. The molecule has 1 heterocycles. The van der Waals surface area contributed by atoms with E-state index in [1.807, 2.05) is 0 Å². The average molecular weight is 395 g/mol. The second-order valence-corrected chi connectivity index (χ2v) is 8.57. The molecule has 1 saturated heterocycles. The van der Waals surface area contributed by atoms with Gasteiger partial charge >= 0.3 is 0 Å². The number of hydrogen-bond acceptors (Lipinski definition) is 3. The quantitative estimate of drug-likeness (QED) is 0.774. The molecule has 6 heteroatoms. The van der Waals surface area contributed by atoms with Gasteiger partial charge in [-0.25, -0.2) is 8.78 Å². The number of rotatable bonds is 6. The van der Waals surface area contributed by atoms with Gasteiger partial charge in [-0.15, -0.1) is 0 Å². The van der Waals surface area contributed by atoms with E-state index in [0.717, 1.165) is 25.7 Å². The van der Waals surface area contributed by atoms with Gasteiger partial charge < -0.3 is 15.7 Å². The molecule has 0 bridgehead atoms. The first-order valence-electron chi connectivity index (χ1n) is 10.5. The second-order valence-electron chi connectivity index (χ2n) is 8.57. The highest BCUT2D eigenvalue weighted by atomic mass is 19.3. The van der Waals surface area contributed by atoms with Crippen LogP contribution in [-0.2, 0) is 10.4 Å². The minimum atomic E-state index is -2.82. The van der Waals surface area contributed by atoms with Crippen LogP contribution in [0, 0.1) is 11.8 Å². The monoisotopic (exact) mass is 394 g/mol. The highest BCUT2D eigenvalue weighted by molar-refractivity contribution is 5.87. The highest BCUT2D eigenvalue weighted by Crippen LogP contribution is 2.48.